The maximum Gasteiger partial charge on any atom is 0.119 e. The smallest absolute Gasteiger partial charge is 0.119 e. The SMILES string of the molecule is CCOc1cccc(C(NN)c2ccc(Br)cc2C)c1. The van der Waals surface area contributed by atoms with Crippen LogP contribution in [0.25, 0.3) is 0 Å². The fourth-order valence-corrected chi connectivity index (χ4v) is 2.75. The van der Waals surface area contributed by atoms with Gasteiger partial charge in [-0.2, -0.15) is 0 Å². The number of nitrogens with two attached hydrogens (primary N) is 1. The molecule has 2 rings (SSSR count). The summed E-state index contributed by atoms with van der Waals surface area (Å²) in [6.07, 6.45) is 0. The molecule has 3 N–H and O–H groups in total. The van der Waals surface area contributed by atoms with Gasteiger partial charge in [-0.05, 0) is 54.8 Å². The molecule has 106 valence electrons. The van der Waals surface area contributed by atoms with E-state index < -0.39 is 0 Å². The van der Waals surface area contributed by atoms with Gasteiger partial charge < -0.3 is 4.74 Å². The molecule has 0 amide bonds. The summed E-state index contributed by atoms with van der Waals surface area (Å²) < 4.78 is 6.62. The monoisotopic (exact) mass is 334 g/mol. The molecule has 4 heteroatoms. The summed E-state index contributed by atoms with van der Waals surface area (Å²) in [6.45, 7) is 4.71. The summed E-state index contributed by atoms with van der Waals surface area (Å²) in [6, 6.07) is 14.2. The highest BCUT2D eigenvalue weighted by Gasteiger charge is 2.15. The first-order valence-electron chi connectivity index (χ1n) is 6.60. The van der Waals surface area contributed by atoms with E-state index in [1.54, 1.807) is 0 Å². The van der Waals surface area contributed by atoms with E-state index in [0.717, 1.165) is 21.3 Å². The zero-order valence-corrected chi connectivity index (χ0v) is 13.3. The third-order valence-electron chi connectivity index (χ3n) is 3.21. The van der Waals surface area contributed by atoms with Crippen LogP contribution in [0.15, 0.2) is 46.9 Å². The largest absolute Gasteiger partial charge is 0.494 e. The summed E-state index contributed by atoms with van der Waals surface area (Å²) in [5, 5.41) is 0. The highest BCUT2D eigenvalue weighted by molar-refractivity contribution is 9.10. The zero-order valence-electron chi connectivity index (χ0n) is 11.7. The second kappa shape index (κ2) is 6.88. The second-order valence-electron chi connectivity index (χ2n) is 4.61. The van der Waals surface area contributed by atoms with Gasteiger partial charge in [-0.25, -0.2) is 5.43 Å². The van der Waals surface area contributed by atoms with Crippen molar-refractivity contribution in [2.45, 2.75) is 19.9 Å². The van der Waals surface area contributed by atoms with Crippen molar-refractivity contribution in [2.24, 2.45) is 5.84 Å². The van der Waals surface area contributed by atoms with Crippen LogP contribution in [0.4, 0.5) is 0 Å². The van der Waals surface area contributed by atoms with Crippen molar-refractivity contribution in [1.82, 2.24) is 5.43 Å². The number of ether oxygens (including phenoxy) is 1. The predicted octanol–water partition coefficient (Wildman–Crippen LogP) is 3.71. The number of nitrogens with one attached hydrogen (secondary N) is 1. The fourth-order valence-electron chi connectivity index (χ4n) is 2.28. The van der Waals surface area contributed by atoms with E-state index in [-0.39, 0.29) is 6.04 Å². The number of rotatable bonds is 5. The van der Waals surface area contributed by atoms with Gasteiger partial charge >= 0.3 is 0 Å². The summed E-state index contributed by atoms with van der Waals surface area (Å²) in [4.78, 5) is 0. The number of hydrazine groups is 1. The van der Waals surface area contributed by atoms with Gasteiger partial charge in [0.2, 0.25) is 0 Å². The third-order valence-corrected chi connectivity index (χ3v) is 3.71. The number of hydrogen-bond donors (Lipinski definition) is 2. The molecular weight excluding hydrogens is 316 g/mol. The van der Waals surface area contributed by atoms with Crippen molar-refractivity contribution >= 4 is 15.9 Å². The summed E-state index contributed by atoms with van der Waals surface area (Å²) >= 11 is 3.48. The first kappa shape index (κ1) is 15.0. The average molecular weight is 335 g/mol. The molecule has 0 spiro atoms. The molecule has 0 bridgehead atoms. The van der Waals surface area contributed by atoms with Crippen LogP contribution in [0.5, 0.6) is 5.75 Å². The van der Waals surface area contributed by atoms with Crippen LogP contribution < -0.4 is 16.0 Å². The Bertz CT molecular complexity index is 586. The molecule has 0 heterocycles. The minimum absolute atomic E-state index is 0.0523. The quantitative estimate of drug-likeness (QED) is 0.647. The van der Waals surface area contributed by atoms with Gasteiger partial charge in [0.1, 0.15) is 5.75 Å². The molecule has 0 saturated heterocycles. The molecule has 0 aliphatic carbocycles. The normalized spacial score (nSPS) is 12.2. The molecule has 1 unspecified atom stereocenters. The second-order valence-corrected chi connectivity index (χ2v) is 5.52. The molecule has 0 fully saturated rings. The highest BCUT2D eigenvalue weighted by atomic mass is 79.9. The van der Waals surface area contributed by atoms with Crippen molar-refractivity contribution in [3.63, 3.8) is 0 Å². The Morgan fingerprint density at radius 1 is 1.25 bits per heavy atom. The number of hydrogen-bond acceptors (Lipinski definition) is 3. The maximum atomic E-state index is 5.77. The van der Waals surface area contributed by atoms with Gasteiger partial charge in [0.25, 0.3) is 0 Å². The van der Waals surface area contributed by atoms with E-state index >= 15 is 0 Å². The van der Waals surface area contributed by atoms with E-state index in [0.29, 0.717) is 6.61 Å². The van der Waals surface area contributed by atoms with Crippen LogP contribution in [0.2, 0.25) is 0 Å². The molecule has 1 atom stereocenters. The van der Waals surface area contributed by atoms with E-state index in [1.807, 2.05) is 31.2 Å². The van der Waals surface area contributed by atoms with Crippen LogP contribution in [0.1, 0.15) is 29.7 Å². The van der Waals surface area contributed by atoms with E-state index in [9.17, 15) is 0 Å². The molecule has 0 aromatic heterocycles. The number of benzene rings is 2. The van der Waals surface area contributed by atoms with Crippen molar-refractivity contribution in [1.29, 1.82) is 0 Å². The van der Waals surface area contributed by atoms with Crippen LogP contribution in [0.3, 0.4) is 0 Å². The van der Waals surface area contributed by atoms with Crippen LogP contribution in [-0.4, -0.2) is 6.61 Å². The maximum absolute atomic E-state index is 5.77. The number of aryl methyl sites for hydroxylation is 1. The number of halogens is 1. The van der Waals surface area contributed by atoms with Crippen molar-refractivity contribution < 1.29 is 4.74 Å². The molecule has 3 nitrogen and oxygen atoms in total. The summed E-state index contributed by atoms with van der Waals surface area (Å²) in [5.74, 6) is 6.63. The lowest BCUT2D eigenvalue weighted by molar-refractivity contribution is 0.339. The summed E-state index contributed by atoms with van der Waals surface area (Å²) in [5.41, 5.74) is 6.32. The first-order chi connectivity index (χ1) is 9.65. The van der Waals surface area contributed by atoms with Gasteiger partial charge in [0.05, 0.1) is 12.6 Å². The van der Waals surface area contributed by atoms with E-state index in [4.69, 9.17) is 10.6 Å². The molecule has 0 aliphatic rings. The van der Waals surface area contributed by atoms with E-state index in [2.05, 4.69) is 46.5 Å². The fraction of sp³-hybridized carbons (Fsp3) is 0.250. The average Bonchev–Trinajstić information content (AvgIpc) is 2.43. The Labute approximate surface area is 128 Å². The van der Waals surface area contributed by atoms with Crippen molar-refractivity contribution in [2.75, 3.05) is 6.61 Å². The lowest BCUT2D eigenvalue weighted by atomic mass is 9.95. The van der Waals surface area contributed by atoms with Gasteiger partial charge in [0.15, 0.2) is 0 Å². The molecule has 0 radical (unpaired) electrons. The minimum atomic E-state index is -0.0523. The highest BCUT2D eigenvalue weighted by Crippen LogP contribution is 2.28. The van der Waals surface area contributed by atoms with Crippen LogP contribution in [0, 0.1) is 6.92 Å². The van der Waals surface area contributed by atoms with Crippen molar-refractivity contribution in [3.05, 3.63) is 63.6 Å². The molecule has 20 heavy (non-hydrogen) atoms. The molecule has 2 aromatic carbocycles. The van der Waals surface area contributed by atoms with E-state index in [1.165, 1.54) is 5.56 Å². The lowest BCUT2D eigenvalue weighted by Crippen LogP contribution is -2.29. The van der Waals surface area contributed by atoms with Gasteiger partial charge in [-0.1, -0.05) is 34.1 Å². The Balaban J connectivity index is 2.38. The van der Waals surface area contributed by atoms with Crippen LogP contribution >= 0.6 is 15.9 Å². The Kier molecular flexibility index (Phi) is 5.17. The molecule has 0 aliphatic heterocycles. The minimum Gasteiger partial charge on any atom is -0.494 e. The topological polar surface area (TPSA) is 47.3 Å². The Hall–Kier alpha value is -1.36. The van der Waals surface area contributed by atoms with Crippen molar-refractivity contribution in [3.8, 4) is 5.75 Å². The molecule has 2 aromatic rings. The van der Waals surface area contributed by atoms with Gasteiger partial charge in [-0.3, -0.25) is 5.84 Å². The standard InChI is InChI=1S/C16H19BrN2O/c1-3-20-14-6-4-5-12(10-14)16(19-18)15-8-7-13(17)9-11(15)2/h4-10,16,19H,3,18H2,1-2H3. The third kappa shape index (κ3) is 3.39. The zero-order chi connectivity index (χ0) is 14.5. The predicted molar refractivity (Wildman–Crippen MR) is 85.7 cm³/mol. The Morgan fingerprint density at radius 3 is 2.70 bits per heavy atom. The molecular formula is C16H19BrN2O. The Morgan fingerprint density at radius 2 is 2.05 bits per heavy atom. The summed E-state index contributed by atoms with van der Waals surface area (Å²) in [7, 11) is 0. The van der Waals surface area contributed by atoms with Gasteiger partial charge in [-0.15, -0.1) is 0 Å². The van der Waals surface area contributed by atoms with Gasteiger partial charge in [0, 0.05) is 4.47 Å². The lowest BCUT2D eigenvalue weighted by Gasteiger charge is -2.20. The first-order valence-corrected chi connectivity index (χ1v) is 7.40. The molecule has 0 saturated carbocycles. The van der Waals surface area contributed by atoms with Crippen LogP contribution in [-0.2, 0) is 0 Å².